The first-order valence-electron chi connectivity index (χ1n) is 11.0. The van der Waals surface area contributed by atoms with E-state index in [1.807, 2.05) is 24.3 Å². The average Bonchev–Trinajstić information content (AvgIpc) is 3.39. The van der Waals surface area contributed by atoms with Crippen LogP contribution in [-0.2, 0) is 31.4 Å². The zero-order valence-electron chi connectivity index (χ0n) is 18.8. The Labute approximate surface area is 200 Å². The van der Waals surface area contributed by atoms with E-state index in [0.29, 0.717) is 18.7 Å². The van der Waals surface area contributed by atoms with Crippen molar-refractivity contribution in [2.24, 2.45) is 0 Å². The molecule has 1 aliphatic rings. The van der Waals surface area contributed by atoms with Crippen LogP contribution in [0, 0.1) is 0 Å². The summed E-state index contributed by atoms with van der Waals surface area (Å²) < 4.78 is 53.5. The number of carbonyl (C=O) groups is 1. The van der Waals surface area contributed by atoms with E-state index in [9.17, 15) is 21.6 Å². The van der Waals surface area contributed by atoms with Gasteiger partial charge in [-0.25, -0.2) is 16.8 Å². The van der Waals surface area contributed by atoms with Crippen molar-refractivity contribution in [1.82, 2.24) is 13.9 Å². The van der Waals surface area contributed by atoms with Crippen molar-refractivity contribution < 1.29 is 21.6 Å². The highest BCUT2D eigenvalue weighted by Crippen LogP contribution is 2.22. The van der Waals surface area contributed by atoms with Crippen LogP contribution in [0.15, 0.2) is 76.5 Å². The molecule has 1 saturated heterocycles. The number of hydrogen-bond acceptors (Lipinski definition) is 5. The van der Waals surface area contributed by atoms with Gasteiger partial charge in [0, 0.05) is 26.7 Å². The van der Waals surface area contributed by atoms with E-state index < -0.39 is 26.0 Å². The maximum atomic E-state index is 12.9. The van der Waals surface area contributed by atoms with Gasteiger partial charge in [-0.1, -0.05) is 42.5 Å². The Morgan fingerprint density at radius 2 is 1.50 bits per heavy atom. The van der Waals surface area contributed by atoms with Gasteiger partial charge in [-0.05, 0) is 53.4 Å². The van der Waals surface area contributed by atoms with E-state index in [1.165, 1.54) is 29.6 Å². The van der Waals surface area contributed by atoms with Crippen LogP contribution in [0.2, 0.25) is 0 Å². The molecule has 1 heterocycles. The molecule has 1 fully saturated rings. The molecule has 1 N–H and O–H groups in total. The predicted octanol–water partition coefficient (Wildman–Crippen LogP) is 2.56. The summed E-state index contributed by atoms with van der Waals surface area (Å²) in [4.78, 5) is 12.7. The van der Waals surface area contributed by atoms with Crippen molar-refractivity contribution in [1.29, 1.82) is 0 Å². The molecule has 0 radical (unpaired) electrons. The lowest BCUT2D eigenvalue weighted by Gasteiger charge is -2.17. The molecule has 180 valence electrons. The molecular weight excluding hydrogens is 474 g/mol. The third kappa shape index (κ3) is 5.15. The van der Waals surface area contributed by atoms with Crippen LogP contribution in [0.25, 0.3) is 10.8 Å². The van der Waals surface area contributed by atoms with Crippen LogP contribution in [0.1, 0.15) is 18.4 Å². The average molecular weight is 502 g/mol. The van der Waals surface area contributed by atoms with E-state index in [1.54, 1.807) is 24.3 Å². The van der Waals surface area contributed by atoms with Crippen molar-refractivity contribution >= 4 is 36.7 Å². The smallest absolute Gasteiger partial charge is 0.243 e. The number of likely N-dealkylation sites (N-methyl/N-ethyl adjacent to an activating group) is 1. The molecular formula is C24H27N3O5S2. The highest BCUT2D eigenvalue weighted by Gasteiger charge is 2.27. The number of benzene rings is 3. The first-order chi connectivity index (χ1) is 16.2. The van der Waals surface area contributed by atoms with Gasteiger partial charge in [0.15, 0.2) is 0 Å². The lowest BCUT2D eigenvalue weighted by Crippen LogP contribution is -2.38. The van der Waals surface area contributed by atoms with Crippen molar-refractivity contribution in [2.75, 3.05) is 26.7 Å². The number of hydrogen-bond donors (Lipinski definition) is 1. The summed E-state index contributed by atoms with van der Waals surface area (Å²) in [5.74, 6) is -0.458. The Morgan fingerprint density at radius 3 is 2.18 bits per heavy atom. The molecule has 1 aliphatic heterocycles. The second-order valence-electron chi connectivity index (χ2n) is 8.30. The second-order valence-corrected chi connectivity index (χ2v) is 12.3. The Bertz CT molecular complexity index is 1400. The quantitative estimate of drug-likeness (QED) is 0.511. The van der Waals surface area contributed by atoms with Crippen LogP contribution < -0.4 is 5.32 Å². The third-order valence-corrected chi connectivity index (χ3v) is 9.62. The molecule has 0 spiro atoms. The zero-order valence-corrected chi connectivity index (χ0v) is 20.5. The van der Waals surface area contributed by atoms with Crippen molar-refractivity contribution in [2.45, 2.75) is 29.2 Å². The minimum Gasteiger partial charge on any atom is -0.351 e. The van der Waals surface area contributed by atoms with Crippen molar-refractivity contribution in [3.63, 3.8) is 0 Å². The molecule has 1 amide bonds. The van der Waals surface area contributed by atoms with Gasteiger partial charge in [0.1, 0.15) is 0 Å². The van der Waals surface area contributed by atoms with Gasteiger partial charge in [-0.2, -0.15) is 8.61 Å². The number of sulfonamides is 2. The van der Waals surface area contributed by atoms with Crippen molar-refractivity contribution in [3.8, 4) is 0 Å². The molecule has 0 bridgehead atoms. The van der Waals surface area contributed by atoms with E-state index in [4.69, 9.17) is 0 Å². The Balaban J connectivity index is 1.35. The Hall–Kier alpha value is -2.79. The van der Waals surface area contributed by atoms with Crippen LogP contribution in [-0.4, -0.2) is 58.0 Å². The molecule has 3 aromatic carbocycles. The molecule has 0 unspecified atom stereocenters. The summed E-state index contributed by atoms with van der Waals surface area (Å²) in [6.07, 6.45) is 1.74. The summed E-state index contributed by atoms with van der Waals surface area (Å²) in [7, 11) is -5.96. The fraction of sp³-hybridized carbons (Fsp3) is 0.292. The van der Waals surface area contributed by atoms with Gasteiger partial charge < -0.3 is 5.32 Å². The highest BCUT2D eigenvalue weighted by atomic mass is 32.2. The minimum absolute atomic E-state index is 0.122. The number of rotatable bonds is 8. The lowest BCUT2D eigenvalue weighted by atomic mass is 10.1. The largest absolute Gasteiger partial charge is 0.351 e. The normalized spacial score (nSPS) is 15.1. The molecule has 8 nitrogen and oxygen atoms in total. The van der Waals surface area contributed by atoms with Gasteiger partial charge in [0.2, 0.25) is 26.0 Å². The number of amides is 1. The van der Waals surface area contributed by atoms with Gasteiger partial charge in [0.05, 0.1) is 16.3 Å². The van der Waals surface area contributed by atoms with Crippen LogP contribution in [0.5, 0.6) is 0 Å². The van der Waals surface area contributed by atoms with Crippen LogP contribution in [0.3, 0.4) is 0 Å². The van der Waals surface area contributed by atoms with Crippen molar-refractivity contribution in [3.05, 3.63) is 72.3 Å². The monoisotopic (exact) mass is 501 g/mol. The minimum atomic E-state index is -3.84. The molecule has 0 aliphatic carbocycles. The number of fused-ring (bicyclic) bond motifs is 1. The fourth-order valence-corrected chi connectivity index (χ4v) is 6.59. The number of carbonyl (C=O) groups excluding carboxylic acids is 1. The van der Waals surface area contributed by atoms with E-state index in [0.717, 1.165) is 27.9 Å². The van der Waals surface area contributed by atoms with E-state index in [2.05, 4.69) is 5.32 Å². The standard InChI is InChI=1S/C24H27N3O5S2/c1-26(33(29,30)23-13-10-20-6-2-3-7-21(20)16-23)18-24(28)25-17-19-8-11-22(12-9-19)34(31,32)27-14-4-5-15-27/h2-3,6-13,16H,4-5,14-15,17-18H2,1H3,(H,25,28). The zero-order chi connectivity index (χ0) is 24.3. The molecule has 0 atom stereocenters. The summed E-state index contributed by atoms with van der Waals surface area (Å²) in [5.41, 5.74) is 0.716. The summed E-state index contributed by atoms with van der Waals surface area (Å²) in [6.45, 7) is 0.898. The topological polar surface area (TPSA) is 104 Å². The van der Waals surface area contributed by atoms with E-state index >= 15 is 0 Å². The third-order valence-electron chi connectivity index (χ3n) is 5.91. The van der Waals surface area contributed by atoms with Gasteiger partial charge in [-0.15, -0.1) is 0 Å². The summed E-state index contributed by atoms with van der Waals surface area (Å²) >= 11 is 0. The highest BCUT2D eigenvalue weighted by molar-refractivity contribution is 7.89. The first-order valence-corrected chi connectivity index (χ1v) is 13.9. The molecule has 34 heavy (non-hydrogen) atoms. The first kappa shape index (κ1) is 24.3. The number of nitrogens with zero attached hydrogens (tertiary/aromatic N) is 2. The maximum absolute atomic E-state index is 12.9. The predicted molar refractivity (Wildman–Crippen MR) is 130 cm³/mol. The van der Waals surface area contributed by atoms with Crippen LogP contribution in [0.4, 0.5) is 0 Å². The second kappa shape index (κ2) is 9.83. The van der Waals surface area contributed by atoms with E-state index in [-0.39, 0.29) is 22.9 Å². The Kier molecular flexibility index (Phi) is 7.04. The van der Waals surface area contributed by atoms with Gasteiger partial charge >= 0.3 is 0 Å². The fourth-order valence-electron chi connectivity index (χ4n) is 3.91. The molecule has 3 aromatic rings. The molecule has 0 aromatic heterocycles. The number of nitrogens with one attached hydrogen (secondary N) is 1. The summed E-state index contributed by atoms with van der Waals surface area (Å²) in [5, 5.41) is 4.43. The molecule has 4 rings (SSSR count). The van der Waals surface area contributed by atoms with Gasteiger partial charge in [0.25, 0.3) is 0 Å². The molecule has 10 heteroatoms. The SMILES string of the molecule is CN(CC(=O)NCc1ccc(S(=O)(=O)N2CCCC2)cc1)S(=O)(=O)c1ccc2ccccc2c1. The molecule has 0 saturated carbocycles. The van der Waals surface area contributed by atoms with Crippen LogP contribution >= 0.6 is 0 Å². The summed E-state index contributed by atoms with van der Waals surface area (Å²) in [6, 6.07) is 18.7. The Morgan fingerprint density at radius 1 is 0.882 bits per heavy atom. The van der Waals surface area contributed by atoms with Gasteiger partial charge in [-0.3, -0.25) is 4.79 Å². The maximum Gasteiger partial charge on any atom is 0.243 e. The lowest BCUT2D eigenvalue weighted by molar-refractivity contribution is -0.121.